The third kappa shape index (κ3) is 3.53. The number of amides is 1. The number of fused-ring (bicyclic) bond motifs is 1. The molecule has 9 heteroatoms. The summed E-state index contributed by atoms with van der Waals surface area (Å²) in [6, 6.07) is 7.44. The molecule has 0 fully saturated rings. The molecule has 0 saturated carbocycles. The molecule has 1 heterocycles. The molecular formula is C13H8ClN5O3. The van der Waals surface area contributed by atoms with Crippen LogP contribution in [0.5, 0.6) is 0 Å². The number of hydrazone groups is 1. The number of benzene rings is 1. The number of pyridine rings is 1. The minimum atomic E-state index is -0.556. The molecule has 8 nitrogen and oxygen atoms in total. The summed E-state index contributed by atoms with van der Waals surface area (Å²) in [5, 5.41) is 23.4. The van der Waals surface area contributed by atoms with Gasteiger partial charge in [-0.25, -0.2) is 10.4 Å². The first-order chi connectivity index (χ1) is 10.5. The van der Waals surface area contributed by atoms with E-state index in [2.05, 4.69) is 15.5 Å². The van der Waals surface area contributed by atoms with Crippen molar-refractivity contribution >= 4 is 40.3 Å². The van der Waals surface area contributed by atoms with E-state index >= 15 is 0 Å². The molecule has 0 saturated heterocycles. The van der Waals surface area contributed by atoms with Gasteiger partial charge in [-0.05, 0) is 12.1 Å². The molecule has 0 unspecified atom stereocenters. The maximum atomic E-state index is 11.1. The summed E-state index contributed by atoms with van der Waals surface area (Å²) < 4.78 is 0. The first-order valence-corrected chi connectivity index (χ1v) is 6.32. The molecule has 0 radical (unpaired) electrons. The van der Waals surface area contributed by atoms with Crippen molar-refractivity contribution in [3.8, 4) is 6.07 Å². The van der Waals surface area contributed by atoms with E-state index in [9.17, 15) is 14.9 Å². The molecule has 2 aromatic rings. The SMILES string of the molecule is N#CCC(=O)N/N=C\c1cc2cc([N+](=O)[O-])ccc2nc1Cl. The Labute approximate surface area is 129 Å². The fraction of sp³-hybridized carbons (Fsp3) is 0.0769. The number of hydrogen-bond acceptors (Lipinski definition) is 6. The third-order valence-corrected chi connectivity index (χ3v) is 2.92. The lowest BCUT2D eigenvalue weighted by Crippen LogP contribution is -2.16. The number of nitro groups is 1. The van der Waals surface area contributed by atoms with Crippen LogP contribution in [0.1, 0.15) is 12.0 Å². The lowest BCUT2D eigenvalue weighted by Gasteiger charge is -2.02. The quantitative estimate of drug-likeness (QED) is 0.401. The fourth-order valence-electron chi connectivity index (χ4n) is 1.65. The summed E-state index contributed by atoms with van der Waals surface area (Å²) in [5.74, 6) is -0.556. The van der Waals surface area contributed by atoms with Crippen LogP contribution in [0.4, 0.5) is 5.69 Å². The average Bonchev–Trinajstić information content (AvgIpc) is 2.47. The number of non-ortho nitro benzene ring substituents is 1. The number of nitriles is 1. The summed E-state index contributed by atoms with van der Waals surface area (Å²) in [6.45, 7) is 0. The Morgan fingerprint density at radius 3 is 3.00 bits per heavy atom. The molecular weight excluding hydrogens is 310 g/mol. The number of carbonyl (C=O) groups excluding carboxylic acids is 1. The van der Waals surface area contributed by atoms with Crippen LogP contribution < -0.4 is 5.43 Å². The number of hydrogen-bond donors (Lipinski definition) is 1. The summed E-state index contributed by atoms with van der Waals surface area (Å²) in [5.41, 5.74) is 2.97. The van der Waals surface area contributed by atoms with Crippen LogP contribution in [0.25, 0.3) is 10.9 Å². The summed E-state index contributed by atoms with van der Waals surface area (Å²) in [6.07, 6.45) is 0.941. The predicted octanol–water partition coefficient (Wildman–Crippen LogP) is 2.16. The maximum Gasteiger partial charge on any atom is 0.270 e. The van der Waals surface area contributed by atoms with Crippen LogP contribution in [0.15, 0.2) is 29.4 Å². The van der Waals surface area contributed by atoms with Gasteiger partial charge in [0.15, 0.2) is 0 Å². The van der Waals surface area contributed by atoms with Gasteiger partial charge < -0.3 is 0 Å². The first-order valence-electron chi connectivity index (χ1n) is 5.95. The lowest BCUT2D eigenvalue weighted by atomic mass is 10.1. The summed E-state index contributed by atoms with van der Waals surface area (Å²) in [7, 11) is 0. The van der Waals surface area contributed by atoms with Gasteiger partial charge in [0, 0.05) is 23.1 Å². The number of rotatable bonds is 4. The number of nitro benzene ring substituents is 1. The van der Waals surface area contributed by atoms with Crippen molar-refractivity contribution in [3.63, 3.8) is 0 Å². The molecule has 1 N–H and O–H groups in total. The van der Waals surface area contributed by atoms with Gasteiger partial charge in [0.1, 0.15) is 11.6 Å². The Morgan fingerprint density at radius 1 is 1.55 bits per heavy atom. The van der Waals surface area contributed by atoms with Crippen LogP contribution in [0, 0.1) is 21.4 Å². The second-order valence-electron chi connectivity index (χ2n) is 4.13. The summed E-state index contributed by atoms with van der Waals surface area (Å²) in [4.78, 5) is 25.4. The Kier molecular flexibility index (Phi) is 4.60. The molecule has 0 atom stereocenters. The Morgan fingerprint density at radius 2 is 2.32 bits per heavy atom. The topological polar surface area (TPSA) is 121 Å². The molecule has 0 aliphatic heterocycles. The van der Waals surface area contributed by atoms with E-state index in [1.54, 1.807) is 12.1 Å². The van der Waals surface area contributed by atoms with E-state index in [0.717, 1.165) is 0 Å². The predicted molar refractivity (Wildman–Crippen MR) is 79.4 cm³/mol. The minimum Gasteiger partial charge on any atom is -0.272 e. The maximum absolute atomic E-state index is 11.1. The molecule has 110 valence electrons. The van der Waals surface area contributed by atoms with Crippen molar-refractivity contribution < 1.29 is 9.72 Å². The highest BCUT2D eigenvalue weighted by atomic mass is 35.5. The number of aromatic nitrogens is 1. The standard InChI is InChI=1S/C13H8ClN5O3/c14-13-9(7-16-18-12(20)3-4-15)5-8-6-10(19(21)22)1-2-11(8)17-13/h1-2,5-7H,3H2,(H,18,20)/b16-7-. The normalized spacial score (nSPS) is 10.5. The molecule has 22 heavy (non-hydrogen) atoms. The molecule has 0 spiro atoms. The van der Waals surface area contributed by atoms with E-state index in [-0.39, 0.29) is 17.3 Å². The zero-order valence-corrected chi connectivity index (χ0v) is 11.7. The van der Waals surface area contributed by atoms with Crippen molar-refractivity contribution in [2.45, 2.75) is 6.42 Å². The zero-order chi connectivity index (χ0) is 16.1. The van der Waals surface area contributed by atoms with Gasteiger partial charge in [-0.2, -0.15) is 10.4 Å². The molecule has 1 amide bonds. The zero-order valence-electron chi connectivity index (χ0n) is 11.0. The van der Waals surface area contributed by atoms with E-state index in [1.165, 1.54) is 24.4 Å². The van der Waals surface area contributed by atoms with Crippen molar-refractivity contribution in [1.82, 2.24) is 10.4 Å². The number of nitrogens with zero attached hydrogens (tertiary/aromatic N) is 4. The van der Waals surface area contributed by atoms with Crippen molar-refractivity contribution in [2.24, 2.45) is 5.10 Å². The van der Waals surface area contributed by atoms with Crippen molar-refractivity contribution in [1.29, 1.82) is 5.26 Å². The van der Waals surface area contributed by atoms with E-state index in [1.807, 2.05) is 0 Å². The van der Waals surface area contributed by atoms with Gasteiger partial charge in [-0.3, -0.25) is 14.9 Å². The second kappa shape index (κ2) is 6.60. The third-order valence-electron chi connectivity index (χ3n) is 2.62. The first kappa shape index (κ1) is 15.3. The Bertz CT molecular complexity index is 828. The molecule has 0 aliphatic rings. The smallest absolute Gasteiger partial charge is 0.270 e. The van der Waals surface area contributed by atoms with Crippen LogP contribution in [0.3, 0.4) is 0 Å². The largest absolute Gasteiger partial charge is 0.272 e. The van der Waals surface area contributed by atoms with Crippen LogP contribution >= 0.6 is 11.6 Å². The van der Waals surface area contributed by atoms with E-state index in [4.69, 9.17) is 16.9 Å². The van der Waals surface area contributed by atoms with E-state index in [0.29, 0.717) is 16.5 Å². The van der Waals surface area contributed by atoms with Gasteiger partial charge in [-0.15, -0.1) is 0 Å². The monoisotopic (exact) mass is 317 g/mol. The Hall–Kier alpha value is -3.05. The minimum absolute atomic E-state index is 0.0677. The van der Waals surface area contributed by atoms with Crippen LogP contribution in [-0.2, 0) is 4.79 Å². The molecule has 2 rings (SSSR count). The Balaban J connectivity index is 2.31. The van der Waals surface area contributed by atoms with Gasteiger partial charge in [0.05, 0.1) is 22.7 Å². The van der Waals surface area contributed by atoms with Crippen LogP contribution in [0.2, 0.25) is 5.15 Å². The molecule has 1 aromatic heterocycles. The van der Waals surface area contributed by atoms with Crippen molar-refractivity contribution in [3.05, 3.63) is 45.1 Å². The number of halogens is 1. The highest BCUT2D eigenvalue weighted by molar-refractivity contribution is 6.32. The molecule has 0 bridgehead atoms. The fourth-order valence-corrected chi connectivity index (χ4v) is 1.84. The highest BCUT2D eigenvalue weighted by Crippen LogP contribution is 2.23. The second-order valence-corrected chi connectivity index (χ2v) is 4.49. The number of nitrogens with one attached hydrogen (secondary N) is 1. The molecule has 0 aliphatic carbocycles. The summed E-state index contributed by atoms with van der Waals surface area (Å²) >= 11 is 5.98. The van der Waals surface area contributed by atoms with Gasteiger partial charge in [0.25, 0.3) is 11.6 Å². The van der Waals surface area contributed by atoms with Gasteiger partial charge in [0.2, 0.25) is 0 Å². The van der Waals surface area contributed by atoms with Crippen LogP contribution in [-0.4, -0.2) is 22.0 Å². The van der Waals surface area contributed by atoms with Gasteiger partial charge >= 0.3 is 0 Å². The highest BCUT2D eigenvalue weighted by Gasteiger charge is 2.09. The van der Waals surface area contributed by atoms with Crippen molar-refractivity contribution in [2.75, 3.05) is 0 Å². The average molecular weight is 318 g/mol. The number of carbonyl (C=O) groups is 1. The van der Waals surface area contributed by atoms with E-state index < -0.39 is 10.8 Å². The lowest BCUT2D eigenvalue weighted by molar-refractivity contribution is -0.384. The molecule has 1 aromatic carbocycles. The van der Waals surface area contributed by atoms with Gasteiger partial charge in [-0.1, -0.05) is 11.6 Å².